The molecule has 2 N–H and O–H groups in total. The van der Waals surface area contributed by atoms with Crippen LogP contribution in [0.15, 0.2) is 46.9 Å². The van der Waals surface area contributed by atoms with Crippen molar-refractivity contribution in [2.75, 3.05) is 0 Å². The third kappa shape index (κ3) is 3.43. The first-order valence-electron chi connectivity index (χ1n) is 5.89. The van der Waals surface area contributed by atoms with E-state index in [-0.39, 0.29) is 6.04 Å². The Balaban J connectivity index is 1.82. The lowest BCUT2D eigenvalue weighted by Gasteiger charge is -2.05. The number of furan rings is 1. The summed E-state index contributed by atoms with van der Waals surface area (Å²) in [5.41, 5.74) is 3.28. The van der Waals surface area contributed by atoms with Gasteiger partial charge in [-0.15, -0.1) is 0 Å². The molecule has 2 rings (SSSR count). The van der Waals surface area contributed by atoms with Crippen LogP contribution in [0.3, 0.4) is 0 Å². The lowest BCUT2D eigenvalue weighted by atomic mass is 10.2. The van der Waals surface area contributed by atoms with Crippen molar-refractivity contribution in [1.82, 2.24) is 5.48 Å². The number of nitrogens with one attached hydrogen (secondary N) is 1. The highest BCUT2D eigenvalue weighted by atomic mass is 16.5. The van der Waals surface area contributed by atoms with Crippen molar-refractivity contribution >= 4 is 0 Å². The summed E-state index contributed by atoms with van der Waals surface area (Å²) in [7, 11) is 0. The lowest BCUT2D eigenvalue weighted by molar-refractivity contribution is 0.0875. The Kier molecular flexibility index (Phi) is 4.52. The topological polar surface area (TPSA) is 54.6 Å². The van der Waals surface area contributed by atoms with Gasteiger partial charge in [-0.25, -0.2) is 0 Å². The molecular weight excluding hydrogens is 230 g/mol. The summed E-state index contributed by atoms with van der Waals surface area (Å²) < 4.78 is 11.1. The Morgan fingerprint density at radius 1 is 1.17 bits per heavy atom. The Labute approximate surface area is 106 Å². The number of ether oxygens (including phenoxy) is 1. The maximum absolute atomic E-state index is 8.78. The molecule has 96 valence electrons. The normalized spacial score (nSPS) is 12.6. The average Bonchev–Trinajstić information content (AvgIpc) is 2.88. The average molecular weight is 247 g/mol. The maximum atomic E-state index is 8.78. The molecule has 0 amide bonds. The predicted molar refractivity (Wildman–Crippen MR) is 67.0 cm³/mol. The first-order valence-corrected chi connectivity index (χ1v) is 5.89. The van der Waals surface area contributed by atoms with Gasteiger partial charge in [-0.3, -0.25) is 0 Å². The molecule has 0 aliphatic carbocycles. The van der Waals surface area contributed by atoms with E-state index in [0.29, 0.717) is 19.0 Å². The third-order valence-electron chi connectivity index (χ3n) is 2.66. The SMILES string of the molecule is CC(NO)c1ccc(COCc2ccccc2)o1. The highest BCUT2D eigenvalue weighted by molar-refractivity contribution is 5.13. The van der Waals surface area contributed by atoms with Crippen LogP contribution in [0, 0.1) is 0 Å². The van der Waals surface area contributed by atoms with E-state index < -0.39 is 0 Å². The van der Waals surface area contributed by atoms with Gasteiger partial charge in [0.05, 0.1) is 12.6 Å². The van der Waals surface area contributed by atoms with E-state index in [0.717, 1.165) is 11.3 Å². The van der Waals surface area contributed by atoms with Crippen LogP contribution in [0.5, 0.6) is 0 Å². The highest BCUT2D eigenvalue weighted by Gasteiger charge is 2.08. The van der Waals surface area contributed by atoms with E-state index in [1.807, 2.05) is 49.4 Å². The smallest absolute Gasteiger partial charge is 0.129 e. The van der Waals surface area contributed by atoms with Crippen LogP contribution >= 0.6 is 0 Å². The number of hydroxylamine groups is 1. The second kappa shape index (κ2) is 6.35. The molecule has 1 heterocycles. The van der Waals surface area contributed by atoms with Gasteiger partial charge in [0.2, 0.25) is 0 Å². The number of hydrogen-bond acceptors (Lipinski definition) is 4. The molecule has 0 aliphatic rings. The van der Waals surface area contributed by atoms with Crippen molar-refractivity contribution in [3.05, 3.63) is 59.5 Å². The van der Waals surface area contributed by atoms with Crippen molar-refractivity contribution in [2.45, 2.75) is 26.2 Å². The number of hydrogen-bond donors (Lipinski definition) is 2. The van der Waals surface area contributed by atoms with Crippen LogP contribution in [0.25, 0.3) is 0 Å². The molecule has 2 aromatic rings. The standard InChI is InChI=1S/C14H17NO3/c1-11(15-16)14-8-7-13(18-14)10-17-9-12-5-3-2-4-6-12/h2-8,11,15-16H,9-10H2,1H3. The van der Waals surface area contributed by atoms with Gasteiger partial charge in [0.25, 0.3) is 0 Å². The molecule has 0 fully saturated rings. The van der Waals surface area contributed by atoms with E-state index in [1.165, 1.54) is 0 Å². The molecular formula is C14H17NO3. The number of benzene rings is 1. The van der Waals surface area contributed by atoms with Crippen molar-refractivity contribution in [3.8, 4) is 0 Å². The Morgan fingerprint density at radius 2 is 1.94 bits per heavy atom. The van der Waals surface area contributed by atoms with Crippen molar-refractivity contribution in [3.63, 3.8) is 0 Å². The predicted octanol–water partition coefficient (Wildman–Crippen LogP) is 3.04. The fraction of sp³-hybridized carbons (Fsp3) is 0.286. The molecule has 0 spiro atoms. The Bertz CT molecular complexity index is 467. The summed E-state index contributed by atoms with van der Waals surface area (Å²) in [5, 5.41) is 8.78. The van der Waals surface area contributed by atoms with Crippen LogP contribution in [-0.4, -0.2) is 5.21 Å². The molecule has 0 bridgehead atoms. The second-order valence-electron chi connectivity index (χ2n) is 4.13. The Hall–Kier alpha value is -1.62. The molecule has 4 heteroatoms. The van der Waals surface area contributed by atoms with Crippen LogP contribution in [0.4, 0.5) is 0 Å². The van der Waals surface area contributed by atoms with E-state index in [2.05, 4.69) is 5.48 Å². The summed E-state index contributed by atoms with van der Waals surface area (Å²) in [6.07, 6.45) is 0. The quantitative estimate of drug-likeness (QED) is 0.770. The molecule has 0 saturated carbocycles. The maximum Gasteiger partial charge on any atom is 0.129 e. The summed E-state index contributed by atoms with van der Waals surface area (Å²) in [5.74, 6) is 1.44. The third-order valence-corrected chi connectivity index (χ3v) is 2.66. The zero-order valence-corrected chi connectivity index (χ0v) is 10.3. The van der Waals surface area contributed by atoms with Gasteiger partial charge >= 0.3 is 0 Å². The van der Waals surface area contributed by atoms with Crippen molar-refractivity contribution < 1.29 is 14.4 Å². The van der Waals surface area contributed by atoms with Gasteiger partial charge in [-0.1, -0.05) is 30.3 Å². The van der Waals surface area contributed by atoms with E-state index >= 15 is 0 Å². The van der Waals surface area contributed by atoms with E-state index in [9.17, 15) is 0 Å². The lowest BCUT2D eigenvalue weighted by Crippen LogP contribution is -2.12. The van der Waals surface area contributed by atoms with Gasteiger partial charge in [0.15, 0.2) is 0 Å². The van der Waals surface area contributed by atoms with Gasteiger partial charge in [-0.2, -0.15) is 5.48 Å². The highest BCUT2D eigenvalue weighted by Crippen LogP contribution is 2.16. The van der Waals surface area contributed by atoms with Crippen molar-refractivity contribution in [2.24, 2.45) is 0 Å². The molecule has 1 aromatic heterocycles. The zero-order chi connectivity index (χ0) is 12.8. The van der Waals surface area contributed by atoms with Crippen LogP contribution in [-0.2, 0) is 18.0 Å². The molecule has 0 radical (unpaired) electrons. The molecule has 1 aromatic carbocycles. The van der Waals surface area contributed by atoms with Crippen molar-refractivity contribution in [1.29, 1.82) is 0 Å². The molecule has 4 nitrogen and oxygen atoms in total. The van der Waals surface area contributed by atoms with Crippen LogP contribution in [0.2, 0.25) is 0 Å². The summed E-state index contributed by atoms with van der Waals surface area (Å²) in [6.45, 7) is 2.80. The minimum absolute atomic E-state index is 0.215. The molecule has 1 unspecified atom stereocenters. The second-order valence-corrected chi connectivity index (χ2v) is 4.13. The van der Waals surface area contributed by atoms with Crippen LogP contribution in [0.1, 0.15) is 30.0 Å². The summed E-state index contributed by atoms with van der Waals surface area (Å²) in [6, 6.07) is 13.5. The monoisotopic (exact) mass is 247 g/mol. The summed E-state index contributed by atoms with van der Waals surface area (Å²) in [4.78, 5) is 0. The van der Waals surface area contributed by atoms with Gasteiger partial charge in [-0.05, 0) is 24.6 Å². The largest absolute Gasteiger partial charge is 0.462 e. The van der Waals surface area contributed by atoms with Gasteiger partial charge in [0.1, 0.15) is 18.1 Å². The molecule has 18 heavy (non-hydrogen) atoms. The molecule has 0 saturated heterocycles. The Morgan fingerprint density at radius 3 is 2.67 bits per heavy atom. The zero-order valence-electron chi connectivity index (χ0n) is 10.3. The minimum atomic E-state index is -0.215. The van der Waals surface area contributed by atoms with E-state index in [4.69, 9.17) is 14.4 Å². The fourth-order valence-corrected chi connectivity index (χ4v) is 1.61. The van der Waals surface area contributed by atoms with Gasteiger partial charge < -0.3 is 14.4 Å². The first-order chi connectivity index (χ1) is 8.79. The molecule has 1 atom stereocenters. The first kappa shape index (κ1) is 12.8. The minimum Gasteiger partial charge on any atom is -0.462 e. The summed E-state index contributed by atoms with van der Waals surface area (Å²) >= 11 is 0. The number of rotatable bonds is 6. The van der Waals surface area contributed by atoms with E-state index in [1.54, 1.807) is 0 Å². The molecule has 0 aliphatic heterocycles. The van der Waals surface area contributed by atoms with Gasteiger partial charge in [0, 0.05) is 0 Å². The fourth-order valence-electron chi connectivity index (χ4n) is 1.61. The van der Waals surface area contributed by atoms with Crippen LogP contribution < -0.4 is 5.48 Å².